The molecule has 98 valence electrons. The highest BCUT2D eigenvalue weighted by Crippen LogP contribution is 2.27. The fourth-order valence-electron chi connectivity index (χ4n) is 2.42. The van der Waals surface area contributed by atoms with Crippen LogP contribution in [-0.4, -0.2) is 36.0 Å². The minimum Gasteiger partial charge on any atom is -0.375 e. The average Bonchev–Trinajstić information content (AvgIpc) is 2.31. The number of hydrogen-bond donors (Lipinski definition) is 1. The largest absolute Gasteiger partial charge is 0.375 e. The zero-order valence-corrected chi connectivity index (χ0v) is 10.8. The second-order valence-corrected chi connectivity index (χ2v) is 5.02. The molecule has 1 aromatic rings. The molecule has 1 aliphatic rings. The Kier molecular flexibility index (Phi) is 3.81. The van der Waals surface area contributed by atoms with Crippen molar-refractivity contribution in [3.05, 3.63) is 33.9 Å². The van der Waals surface area contributed by atoms with Crippen molar-refractivity contribution in [2.75, 3.05) is 25.5 Å². The lowest BCUT2D eigenvalue weighted by Gasteiger charge is -2.30. The van der Waals surface area contributed by atoms with E-state index < -0.39 is 0 Å². The van der Waals surface area contributed by atoms with Crippen molar-refractivity contribution >= 4 is 11.4 Å². The molecule has 0 radical (unpaired) electrons. The Morgan fingerprint density at radius 3 is 2.94 bits per heavy atom. The first-order valence-electron chi connectivity index (χ1n) is 6.26. The summed E-state index contributed by atoms with van der Waals surface area (Å²) in [7, 11) is 2.08. The van der Waals surface area contributed by atoms with E-state index >= 15 is 0 Å². The van der Waals surface area contributed by atoms with Crippen molar-refractivity contribution in [3.8, 4) is 0 Å². The van der Waals surface area contributed by atoms with Crippen LogP contribution >= 0.6 is 0 Å². The van der Waals surface area contributed by atoms with Gasteiger partial charge >= 0.3 is 0 Å². The van der Waals surface area contributed by atoms with E-state index in [1.54, 1.807) is 6.07 Å². The minimum absolute atomic E-state index is 0.170. The second-order valence-electron chi connectivity index (χ2n) is 5.02. The van der Waals surface area contributed by atoms with Gasteiger partial charge in [-0.05, 0) is 45.0 Å². The number of aryl methyl sites for hydroxylation is 1. The molecule has 1 aliphatic heterocycles. The second kappa shape index (κ2) is 5.35. The number of anilines is 1. The van der Waals surface area contributed by atoms with Gasteiger partial charge in [0.05, 0.1) is 4.92 Å². The number of piperidine rings is 1. The molecular formula is C13H19N3O2. The van der Waals surface area contributed by atoms with E-state index in [1.165, 1.54) is 0 Å². The molecule has 1 aromatic carbocycles. The molecule has 0 spiro atoms. The summed E-state index contributed by atoms with van der Waals surface area (Å²) in [5.41, 5.74) is 1.71. The average molecular weight is 249 g/mol. The predicted octanol–water partition coefficient (Wildman–Crippen LogP) is 2.41. The van der Waals surface area contributed by atoms with Crippen molar-refractivity contribution in [3.63, 3.8) is 0 Å². The lowest BCUT2D eigenvalue weighted by molar-refractivity contribution is -0.384. The van der Waals surface area contributed by atoms with Crippen LogP contribution in [0, 0.1) is 17.0 Å². The normalized spacial score (nSPS) is 20.7. The molecule has 5 nitrogen and oxygen atoms in total. The van der Waals surface area contributed by atoms with Crippen molar-refractivity contribution in [2.45, 2.75) is 25.8 Å². The third kappa shape index (κ3) is 2.98. The van der Waals surface area contributed by atoms with E-state index in [2.05, 4.69) is 17.3 Å². The molecular weight excluding hydrogens is 230 g/mol. The van der Waals surface area contributed by atoms with Crippen LogP contribution in [0.2, 0.25) is 0 Å². The number of nitrogens with zero attached hydrogens (tertiary/aromatic N) is 2. The van der Waals surface area contributed by atoms with Gasteiger partial charge < -0.3 is 10.2 Å². The highest BCUT2D eigenvalue weighted by molar-refractivity contribution is 5.63. The maximum Gasteiger partial charge on any atom is 0.292 e. The first-order valence-corrected chi connectivity index (χ1v) is 6.26. The van der Waals surface area contributed by atoms with E-state index in [1.807, 2.05) is 19.1 Å². The number of nitro groups is 1. The molecule has 0 saturated carbocycles. The van der Waals surface area contributed by atoms with Gasteiger partial charge in [-0.15, -0.1) is 0 Å². The summed E-state index contributed by atoms with van der Waals surface area (Å²) in [4.78, 5) is 13.0. The molecule has 0 aliphatic carbocycles. The first kappa shape index (κ1) is 12.8. The van der Waals surface area contributed by atoms with Gasteiger partial charge in [-0.1, -0.05) is 6.07 Å². The zero-order chi connectivity index (χ0) is 13.1. The fourth-order valence-corrected chi connectivity index (χ4v) is 2.42. The molecule has 1 fully saturated rings. The summed E-state index contributed by atoms with van der Waals surface area (Å²) in [5.74, 6) is 0. The fraction of sp³-hybridized carbons (Fsp3) is 0.538. The van der Waals surface area contributed by atoms with Gasteiger partial charge in [-0.2, -0.15) is 0 Å². The summed E-state index contributed by atoms with van der Waals surface area (Å²) in [6.07, 6.45) is 2.20. The SMILES string of the molecule is Cc1ccc(NC2CCCN(C)C2)c([N+](=O)[O-])c1. The smallest absolute Gasteiger partial charge is 0.292 e. The molecule has 1 unspecified atom stereocenters. The monoisotopic (exact) mass is 249 g/mol. The van der Waals surface area contributed by atoms with Crippen LogP contribution < -0.4 is 5.32 Å². The molecule has 1 atom stereocenters. The van der Waals surface area contributed by atoms with Gasteiger partial charge in [0, 0.05) is 18.7 Å². The van der Waals surface area contributed by atoms with Crippen LogP contribution in [0.25, 0.3) is 0 Å². The molecule has 1 saturated heterocycles. The number of nitro benzene ring substituents is 1. The van der Waals surface area contributed by atoms with Crippen molar-refractivity contribution in [2.24, 2.45) is 0 Å². The molecule has 5 heteroatoms. The molecule has 0 bridgehead atoms. The van der Waals surface area contributed by atoms with Crippen LogP contribution in [0.15, 0.2) is 18.2 Å². The van der Waals surface area contributed by atoms with Crippen molar-refractivity contribution < 1.29 is 4.92 Å². The van der Waals surface area contributed by atoms with Gasteiger partial charge in [0.1, 0.15) is 5.69 Å². The Hall–Kier alpha value is -1.62. The Balaban J connectivity index is 2.15. The topological polar surface area (TPSA) is 58.4 Å². The Bertz CT molecular complexity index is 448. The quantitative estimate of drug-likeness (QED) is 0.660. The predicted molar refractivity (Wildman–Crippen MR) is 72.0 cm³/mol. The number of likely N-dealkylation sites (tertiary alicyclic amines) is 1. The van der Waals surface area contributed by atoms with E-state index in [0.717, 1.165) is 31.5 Å². The molecule has 0 aromatic heterocycles. The van der Waals surface area contributed by atoms with Crippen molar-refractivity contribution in [1.82, 2.24) is 4.90 Å². The summed E-state index contributed by atoms with van der Waals surface area (Å²) < 4.78 is 0. The summed E-state index contributed by atoms with van der Waals surface area (Å²) in [5, 5.41) is 14.3. The maximum atomic E-state index is 11.0. The number of likely N-dealkylation sites (N-methyl/N-ethyl adjacent to an activating group) is 1. The van der Waals surface area contributed by atoms with Crippen molar-refractivity contribution in [1.29, 1.82) is 0 Å². The Morgan fingerprint density at radius 2 is 2.28 bits per heavy atom. The molecule has 18 heavy (non-hydrogen) atoms. The standard InChI is InChI=1S/C13H19N3O2/c1-10-5-6-12(13(8-10)16(17)18)14-11-4-3-7-15(2)9-11/h5-6,8,11,14H,3-4,7,9H2,1-2H3. The van der Waals surface area contributed by atoms with Crippen LogP contribution in [0.4, 0.5) is 11.4 Å². The number of rotatable bonds is 3. The van der Waals surface area contributed by atoms with Gasteiger partial charge in [0.25, 0.3) is 5.69 Å². The van der Waals surface area contributed by atoms with Gasteiger partial charge in [0.15, 0.2) is 0 Å². The van der Waals surface area contributed by atoms with Crippen LogP contribution in [0.5, 0.6) is 0 Å². The van der Waals surface area contributed by atoms with Crippen LogP contribution in [-0.2, 0) is 0 Å². The van der Waals surface area contributed by atoms with E-state index in [-0.39, 0.29) is 10.6 Å². The maximum absolute atomic E-state index is 11.0. The van der Waals surface area contributed by atoms with Gasteiger partial charge in [-0.3, -0.25) is 10.1 Å². The summed E-state index contributed by atoms with van der Waals surface area (Å²) in [6.45, 7) is 3.91. The third-order valence-corrected chi connectivity index (χ3v) is 3.33. The highest BCUT2D eigenvalue weighted by Gasteiger charge is 2.20. The Morgan fingerprint density at radius 1 is 1.50 bits per heavy atom. The van der Waals surface area contributed by atoms with Gasteiger partial charge in [0.2, 0.25) is 0 Å². The Labute approximate surface area is 107 Å². The molecule has 1 N–H and O–H groups in total. The lowest BCUT2D eigenvalue weighted by atomic mass is 10.1. The minimum atomic E-state index is -0.318. The van der Waals surface area contributed by atoms with Gasteiger partial charge in [-0.25, -0.2) is 0 Å². The van der Waals surface area contributed by atoms with E-state index in [4.69, 9.17) is 0 Å². The molecule has 0 amide bonds. The summed E-state index contributed by atoms with van der Waals surface area (Å²) in [6, 6.07) is 5.63. The molecule has 2 rings (SSSR count). The number of nitrogens with one attached hydrogen (secondary N) is 1. The lowest BCUT2D eigenvalue weighted by Crippen LogP contribution is -2.39. The van der Waals surface area contributed by atoms with E-state index in [9.17, 15) is 10.1 Å². The molecule has 1 heterocycles. The number of hydrogen-bond acceptors (Lipinski definition) is 4. The highest BCUT2D eigenvalue weighted by atomic mass is 16.6. The summed E-state index contributed by atoms with van der Waals surface area (Å²) >= 11 is 0. The third-order valence-electron chi connectivity index (χ3n) is 3.33. The van der Waals surface area contributed by atoms with Crippen LogP contribution in [0.1, 0.15) is 18.4 Å². The zero-order valence-electron chi connectivity index (χ0n) is 10.8. The number of benzene rings is 1. The van der Waals surface area contributed by atoms with Crippen LogP contribution in [0.3, 0.4) is 0 Å². The van der Waals surface area contributed by atoms with E-state index in [0.29, 0.717) is 11.7 Å². The first-order chi connectivity index (χ1) is 8.56.